The molecule has 0 atom stereocenters. The van der Waals surface area contributed by atoms with Crippen molar-refractivity contribution in [2.45, 2.75) is 13.8 Å². The van der Waals surface area contributed by atoms with Crippen LogP contribution in [0.25, 0.3) is 0 Å². The number of aryl methyl sites for hydroxylation is 1. The zero-order valence-electron chi connectivity index (χ0n) is 13.9. The fraction of sp³-hybridized carbons (Fsp3) is 0.105. The molecule has 5 nitrogen and oxygen atoms in total. The first-order chi connectivity index (χ1) is 12.0. The van der Waals surface area contributed by atoms with Gasteiger partial charge in [-0.05, 0) is 67.4 Å². The SMILES string of the molecule is Cc1cccc(Nc2ccc(C(=O)Nc3ccc(F)cc3)nn2)c1C. The topological polar surface area (TPSA) is 66.9 Å². The van der Waals surface area contributed by atoms with Crippen LogP contribution in [0.15, 0.2) is 54.6 Å². The molecule has 1 aromatic heterocycles. The summed E-state index contributed by atoms with van der Waals surface area (Å²) in [5.41, 5.74) is 3.91. The largest absolute Gasteiger partial charge is 0.339 e. The summed E-state index contributed by atoms with van der Waals surface area (Å²) >= 11 is 0. The van der Waals surface area contributed by atoms with E-state index >= 15 is 0 Å². The summed E-state index contributed by atoms with van der Waals surface area (Å²) in [6.45, 7) is 4.06. The van der Waals surface area contributed by atoms with E-state index in [0.717, 1.165) is 11.3 Å². The third kappa shape index (κ3) is 3.98. The number of halogens is 1. The molecule has 126 valence electrons. The Morgan fingerprint density at radius 3 is 2.40 bits per heavy atom. The number of rotatable bonds is 4. The molecule has 0 unspecified atom stereocenters. The van der Waals surface area contributed by atoms with Crippen molar-refractivity contribution in [2.75, 3.05) is 10.6 Å². The zero-order chi connectivity index (χ0) is 17.8. The van der Waals surface area contributed by atoms with Crippen LogP contribution in [-0.2, 0) is 0 Å². The van der Waals surface area contributed by atoms with Gasteiger partial charge in [0.1, 0.15) is 5.82 Å². The smallest absolute Gasteiger partial charge is 0.276 e. The summed E-state index contributed by atoms with van der Waals surface area (Å²) in [7, 11) is 0. The highest BCUT2D eigenvalue weighted by Gasteiger charge is 2.09. The van der Waals surface area contributed by atoms with Crippen LogP contribution < -0.4 is 10.6 Å². The van der Waals surface area contributed by atoms with E-state index in [-0.39, 0.29) is 11.5 Å². The number of carbonyl (C=O) groups is 1. The Morgan fingerprint density at radius 1 is 0.960 bits per heavy atom. The van der Waals surface area contributed by atoms with Crippen LogP contribution in [0, 0.1) is 19.7 Å². The lowest BCUT2D eigenvalue weighted by atomic mass is 10.1. The molecule has 0 spiro atoms. The first-order valence-corrected chi connectivity index (χ1v) is 7.77. The first-order valence-electron chi connectivity index (χ1n) is 7.77. The molecule has 0 bridgehead atoms. The standard InChI is InChI=1S/C19H17FN4O/c1-12-4-3-5-16(13(12)2)22-18-11-10-17(23-24-18)19(25)21-15-8-6-14(20)7-9-15/h3-11H,1-2H3,(H,21,25)(H,22,24). The van der Waals surface area contributed by atoms with Crippen LogP contribution in [0.1, 0.15) is 21.6 Å². The Labute approximate surface area is 144 Å². The van der Waals surface area contributed by atoms with Crippen LogP contribution >= 0.6 is 0 Å². The molecule has 0 aliphatic carbocycles. The van der Waals surface area contributed by atoms with E-state index in [9.17, 15) is 9.18 Å². The Bertz CT molecular complexity index is 892. The highest BCUT2D eigenvalue weighted by atomic mass is 19.1. The molecule has 2 aromatic carbocycles. The van der Waals surface area contributed by atoms with Crippen molar-refractivity contribution >= 4 is 23.1 Å². The maximum absolute atomic E-state index is 12.9. The normalized spacial score (nSPS) is 10.4. The lowest BCUT2D eigenvalue weighted by molar-refractivity contribution is 0.102. The highest BCUT2D eigenvalue weighted by molar-refractivity contribution is 6.02. The van der Waals surface area contributed by atoms with Crippen LogP contribution in [0.2, 0.25) is 0 Å². The van der Waals surface area contributed by atoms with Crippen molar-refractivity contribution in [3.05, 3.63) is 77.2 Å². The van der Waals surface area contributed by atoms with Crippen molar-refractivity contribution in [3.8, 4) is 0 Å². The van der Waals surface area contributed by atoms with Crippen molar-refractivity contribution in [1.82, 2.24) is 10.2 Å². The summed E-state index contributed by atoms with van der Waals surface area (Å²) < 4.78 is 12.9. The molecular formula is C19H17FN4O. The molecule has 1 heterocycles. The molecule has 1 amide bonds. The number of nitrogens with one attached hydrogen (secondary N) is 2. The number of hydrogen-bond acceptors (Lipinski definition) is 4. The predicted molar refractivity (Wildman–Crippen MR) is 95.6 cm³/mol. The van der Waals surface area contributed by atoms with Gasteiger partial charge in [-0.25, -0.2) is 4.39 Å². The summed E-state index contributed by atoms with van der Waals surface area (Å²) in [6.07, 6.45) is 0. The van der Waals surface area contributed by atoms with Crippen LogP contribution in [0.5, 0.6) is 0 Å². The molecule has 2 N–H and O–H groups in total. The fourth-order valence-electron chi connectivity index (χ4n) is 2.27. The van der Waals surface area contributed by atoms with E-state index in [2.05, 4.69) is 20.8 Å². The Kier molecular flexibility index (Phi) is 4.70. The zero-order valence-corrected chi connectivity index (χ0v) is 13.9. The van der Waals surface area contributed by atoms with Gasteiger partial charge >= 0.3 is 0 Å². The van der Waals surface area contributed by atoms with Gasteiger partial charge in [-0.2, -0.15) is 0 Å². The maximum atomic E-state index is 12.9. The van der Waals surface area contributed by atoms with Crippen LogP contribution in [0.4, 0.5) is 21.6 Å². The lowest BCUT2D eigenvalue weighted by Gasteiger charge is -2.10. The van der Waals surface area contributed by atoms with Crippen LogP contribution in [-0.4, -0.2) is 16.1 Å². The van der Waals surface area contributed by atoms with Gasteiger partial charge in [0.2, 0.25) is 0 Å². The van der Waals surface area contributed by atoms with Gasteiger partial charge in [-0.15, -0.1) is 10.2 Å². The van der Waals surface area contributed by atoms with Crippen molar-refractivity contribution in [2.24, 2.45) is 0 Å². The molecular weight excluding hydrogens is 319 g/mol. The molecule has 0 aliphatic heterocycles. The fourth-order valence-corrected chi connectivity index (χ4v) is 2.27. The van der Waals surface area contributed by atoms with Gasteiger partial charge in [0, 0.05) is 11.4 Å². The maximum Gasteiger partial charge on any atom is 0.276 e. The van der Waals surface area contributed by atoms with Crippen molar-refractivity contribution in [3.63, 3.8) is 0 Å². The van der Waals surface area contributed by atoms with Gasteiger partial charge in [0.15, 0.2) is 11.5 Å². The second kappa shape index (κ2) is 7.09. The molecule has 25 heavy (non-hydrogen) atoms. The van der Waals surface area contributed by atoms with E-state index in [1.54, 1.807) is 12.1 Å². The predicted octanol–water partition coefficient (Wildman–Crippen LogP) is 4.23. The van der Waals surface area contributed by atoms with E-state index in [1.165, 1.54) is 29.8 Å². The minimum Gasteiger partial charge on any atom is -0.339 e. The lowest BCUT2D eigenvalue weighted by Crippen LogP contribution is -2.14. The average molecular weight is 336 g/mol. The molecule has 0 fully saturated rings. The quantitative estimate of drug-likeness (QED) is 0.748. The van der Waals surface area contributed by atoms with Gasteiger partial charge in [-0.1, -0.05) is 12.1 Å². The molecule has 6 heteroatoms. The highest BCUT2D eigenvalue weighted by Crippen LogP contribution is 2.21. The van der Waals surface area contributed by atoms with Crippen LogP contribution in [0.3, 0.4) is 0 Å². The number of aromatic nitrogens is 2. The van der Waals surface area contributed by atoms with Gasteiger partial charge in [-0.3, -0.25) is 4.79 Å². The van der Waals surface area contributed by atoms with Crippen molar-refractivity contribution < 1.29 is 9.18 Å². The number of carbonyl (C=O) groups excluding carboxylic acids is 1. The molecule has 0 aliphatic rings. The molecule has 0 radical (unpaired) electrons. The van der Waals surface area contributed by atoms with E-state index in [0.29, 0.717) is 11.5 Å². The summed E-state index contributed by atoms with van der Waals surface area (Å²) in [5.74, 6) is -0.218. The van der Waals surface area contributed by atoms with E-state index in [4.69, 9.17) is 0 Å². The minimum absolute atomic E-state index is 0.177. The van der Waals surface area contributed by atoms with E-state index in [1.807, 2.05) is 32.0 Å². The Balaban J connectivity index is 1.70. The monoisotopic (exact) mass is 336 g/mol. The van der Waals surface area contributed by atoms with Crippen molar-refractivity contribution in [1.29, 1.82) is 0 Å². The van der Waals surface area contributed by atoms with Gasteiger partial charge in [0.25, 0.3) is 5.91 Å². The molecule has 0 saturated carbocycles. The second-order valence-electron chi connectivity index (χ2n) is 5.64. The minimum atomic E-state index is -0.405. The van der Waals surface area contributed by atoms with Gasteiger partial charge < -0.3 is 10.6 Å². The second-order valence-corrected chi connectivity index (χ2v) is 5.64. The third-order valence-electron chi connectivity index (χ3n) is 3.87. The van der Waals surface area contributed by atoms with Gasteiger partial charge in [0.05, 0.1) is 0 Å². The van der Waals surface area contributed by atoms with E-state index < -0.39 is 5.91 Å². The Hall–Kier alpha value is -3.28. The number of amides is 1. The number of hydrogen-bond donors (Lipinski definition) is 2. The molecule has 3 rings (SSSR count). The Morgan fingerprint density at radius 2 is 1.72 bits per heavy atom. The number of nitrogens with zero attached hydrogens (tertiary/aromatic N) is 2. The number of anilines is 3. The molecule has 0 saturated heterocycles. The summed E-state index contributed by atoms with van der Waals surface area (Å²) in [4.78, 5) is 12.1. The summed E-state index contributed by atoms with van der Waals surface area (Å²) in [6, 6.07) is 14.7. The molecule has 3 aromatic rings. The first kappa shape index (κ1) is 16.6. The summed E-state index contributed by atoms with van der Waals surface area (Å²) in [5, 5.41) is 13.8. The average Bonchev–Trinajstić information content (AvgIpc) is 2.61. The third-order valence-corrected chi connectivity index (χ3v) is 3.87. The number of benzene rings is 2.